The quantitative estimate of drug-likeness (QED) is 0.173. The van der Waals surface area contributed by atoms with Crippen LogP contribution in [0, 0.1) is 5.92 Å². The third-order valence-corrected chi connectivity index (χ3v) is 4.00. The molecule has 0 saturated heterocycles. The van der Waals surface area contributed by atoms with Gasteiger partial charge in [-0.05, 0) is 25.2 Å². The fourth-order valence-electron chi connectivity index (χ4n) is 1.64. The Hall–Kier alpha value is 0.400. The van der Waals surface area contributed by atoms with Crippen molar-refractivity contribution in [3.63, 3.8) is 0 Å². The van der Waals surface area contributed by atoms with Crippen molar-refractivity contribution in [3.05, 3.63) is 0 Å². The zero-order valence-corrected chi connectivity index (χ0v) is 16.4. The Morgan fingerprint density at radius 1 is 1.00 bits per heavy atom. The minimum atomic E-state index is -0.112. The number of halogens is 2. The smallest absolute Gasteiger partial charge is 0.306 e. The Balaban J connectivity index is 3.59. The molecule has 1 atom stereocenters. The highest BCUT2D eigenvalue weighted by molar-refractivity contribution is 14.1. The number of ether oxygens (including phenoxy) is 2. The number of alkyl halides is 2. The molecule has 0 amide bonds. The van der Waals surface area contributed by atoms with Crippen LogP contribution in [-0.2, 0) is 19.1 Å². The van der Waals surface area contributed by atoms with E-state index in [1.807, 2.05) is 0 Å². The number of hydrogen-bond acceptors (Lipinski definition) is 4. The van der Waals surface area contributed by atoms with Crippen molar-refractivity contribution >= 4 is 57.1 Å². The Kier molecular flexibility index (Phi) is 14.6. The lowest BCUT2D eigenvalue weighted by Crippen LogP contribution is -2.14. The summed E-state index contributed by atoms with van der Waals surface area (Å²) < 4.78 is 11.9. The van der Waals surface area contributed by atoms with E-state index in [-0.39, 0.29) is 11.9 Å². The SMILES string of the molecule is CCC(CCCCOC(=O)CCI)COC(=O)CCI. The molecule has 0 aromatic rings. The van der Waals surface area contributed by atoms with Gasteiger partial charge in [0.2, 0.25) is 0 Å². The number of hydrogen-bond donors (Lipinski definition) is 0. The summed E-state index contributed by atoms with van der Waals surface area (Å²) in [7, 11) is 0. The number of rotatable bonds is 12. The molecule has 0 heterocycles. The topological polar surface area (TPSA) is 52.6 Å². The number of carbonyl (C=O) groups is 2. The molecule has 0 saturated carbocycles. The van der Waals surface area contributed by atoms with E-state index in [0.717, 1.165) is 34.5 Å². The van der Waals surface area contributed by atoms with Crippen LogP contribution in [0.25, 0.3) is 0 Å². The van der Waals surface area contributed by atoms with Crippen LogP contribution in [0.15, 0.2) is 0 Å². The van der Waals surface area contributed by atoms with Crippen molar-refractivity contribution in [3.8, 4) is 0 Å². The Labute approximate surface area is 149 Å². The molecule has 0 bridgehead atoms. The highest BCUT2D eigenvalue weighted by Crippen LogP contribution is 2.13. The van der Waals surface area contributed by atoms with E-state index in [1.54, 1.807) is 0 Å². The molecule has 0 rings (SSSR count). The molecule has 6 heteroatoms. The van der Waals surface area contributed by atoms with Gasteiger partial charge in [0.25, 0.3) is 0 Å². The maximum absolute atomic E-state index is 11.3. The fraction of sp³-hybridized carbons (Fsp3) is 0.857. The maximum Gasteiger partial charge on any atom is 0.306 e. The van der Waals surface area contributed by atoms with Gasteiger partial charge in [-0.1, -0.05) is 58.5 Å². The molecule has 0 fully saturated rings. The summed E-state index contributed by atoms with van der Waals surface area (Å²) in [6.07, 6.45) is 4.88. The van der Waals surface area contributed by atoms with E-state index in [0.29, 0.717) is 32.0 Å². The zero-order chi connectivity index (χ0) is 15.2. The molecule has 0 aliphatic rings. The van der Waals surface area contributed by atoms with Crippen LogP contribution in [0.4, 0.5) is 0 Å². The van der Waals surface area contributed by atoms with Gasteiger partial charge in [0, 0.05) is 8.86 Å². The molecular weight excluding hydrogens is 486 g/mol. The molecule has 0 N–H and O–H groups in total. The second kappa shape index (κ2) is 14.3. The average molecular weight is 510 g/mol. The van der Waals surface area contributed by atoms with Gasteiger partial charge in [0.1, 0.15) is 0 Å². The van der Waals surface area contributed by atoms with Crippen LogP contribution in [0.5, 0.6) is 0 Å². The molecule has 0 aliphatic heterocycles. The van der Waals surface area contributed by atoms with Crippen LogP contribution in [0.3, 0.4) is 0 Å². The molecular formula is C14H24I2O4. The third-order valence-electron chi connectivity index (χ3n) is 2.92. The predicted octanol–water partition coefficient (Wildman–Crippen LogP) is 3.92. The van der Waals surface area contributed by atoms with E-state index in [9.17, 15) is 9.59 Å². The van der Waals surface area contributed by atoms with Gasteiger partial charge in [-0.2, -0.15) is 0 Å². The van der Waals surface area contributed by atoms with Crippen LogP contribution < -0.4 is 0 Å². The van der Waals surface area contributed by atoms with Crippen LogP contribution >= 0.6 is 45.2 Å². The van der Waals surface area contributed by atoms with Gasteiger partial charge in [0.05, 0.1) is 26.1 Å². The van der Waals surface area contributed by atoms with Crippen molar-refractivity contribution in [2.24, 2.45) is 5.92 Å². The predicted molar refractivity (Wildman–Crippen MR) is 96.6 cm³/mol. The van der Waals surface area contributed by atoms with Crippen molar-refractivity contribution in [1.82, 2.24) is 0 Å². The lowest BCUT2D eigenvalue weighted by molar-refractivity contribution is -0.145. The highest BCUT2D eigenvalue weighted by Gasteiger charge is 2.10. The summed E-state index contributed by atoms with van der Waals surface area (Å²) >= 11 is 4.33. The summed E-state index contributed by atoms with van der Waals surface area (Å²) in [4.78, 5) is 22.4. The van der Waals surface area contributed by atoms with E-state index < -0.39 is 0 Å². The fourth-order valence-corrected chi connectivity index (χ4v) is 2.52. The Morgan fingerprint density at radius 2 is 1.60 bits per heavy atom. The summed E-state index contributed by atoms with van der Waals surface area (Å²) in [5.41, 5.74) is 0. The van der Waals surface area contributed by atoms with Crippen molar-refractivity contribution in [1.29, 1.82) is 0 Å². The van der Waals surface area contributed by atoms with Gasteiger partial charge in [0.15, 0.2) is 0 Å². The van der Waals surface area contributed by atoms with E-state index in [4.69, 9.17) is 9.47 Å². The molecule has 4 nitrogen and oxygen atoms in total. The molecule has 1 unspecified atom stereocenters. The molecule has 20 heavy (non-hydrogen) atoms. The normalized spacial score (nSPS) is 11.9. The third kappa shape index (κ3) is 12.2. The van der Waals surface area contributed by atoms with Gasteiger partial charge >= 0.3 is 11.9 Å². The van der Waals surface area contributed by atoms with Gasteiger partial charge < -0.3 is 9.47 Å². The number of esters is 2. The van der Waals surface area contributed by atoms with Gasteiger partial charge in [-0.3, -0.25) is 9.59 Å². The molecule has 0 aromatic heterocycles. The first-order chi connectivity index (χ1) is 9.63. The average Bonchev–Trinajstić information content (AvgIpc) is 2.42. The second-order valence-electron chi connectivity index (χ2n) is 4.55. The molecule has 0 aliphatic carbocycles. The lowest BCUT2D eigenvalue weighted by Gasteiger charge is -2.14. The van der Waals surface area contributed by atoms with Crippen LogP contribution in [-0.4, -0.2) is 34.0 Å². The number of unbranched alkanes of at least 4 members (excludes halogenated alkanes) is 1. The van der Waals surface area contributed by atoms with Crippen LogP contribution in [0.1, 0.15) is 45.4 Å². The first kappa shape index (κ1) is 20.4. The maximum atomic E-state index is 11.3. The van der Waals surface area contributed by atoms with E-state index in [2.05, 4.69) is 52.1 Å². The summed E-state index contributed by atoms with van der Waals surface area (Å²) in [6.45, 7) is 3.12. The summed E-state index contributed by atoms with van der Waals surface area (Å²) in [6, 6.07) is 0. The minimum Gasteiger partial charge on any atom is -0.466 e. The molecule has 0 radical (unpaired) electrons. The van der Waals surface area contributed by atoms with E-state index >= 15 is 0 Å². The first-order valence-corrected chi connectivity index (χ1v) is 10.1. The molecule has 0 spiro atoms. The lowest BCUT2D eigenvalue weighted by atomic mass is 10.0. The summed E-state index contributed by atoms with van der Waals surface area (Å²) in [5, 5.41) is 0. The van der Waals surface area contributed by atoms with Gasteiger partial charge in [-0.25, -0.2) is 0 Å². The minimum absolute atomic E-state index is 0.106. The Morgan fingerprint density at radius 3 is 2.15 bits per heavy atom. The highest BCUT2D eigenvalue weighted by atomic mass is 127. The molecule has 118 valence electrons. The van der Waals surface area contributed by atoms with E-state index in [1.165, 1.54) is 0 Å². The monoisotopic (exact) mass is 510 g/mol. The zero-order valence-electron chi connectivity index (χ0n) is 12.0. The van der Waals surface area contributed by atoms with Crippen molar-refractivity contribution < 1.29 is 19.1 Å². The van der Waals surface area contributed by atoms with Crippen molar-refractivity contribution in [2.75, 3.05) is 22.1 Å². The van der Waals surface area contributed by atoms with Crippen LogP contribution in [0.2, 0.25) is 0 Å². The standard InChI is InChI=1S/C14H24I2O4/c1-2-12(11-20-14(18)7-9-16)5-3-4-10-19-13(17)6-8-15/h12H,2-11H2,1H3. The largest absolute Gasteiger partial charge is 0.466 e. The van der Waals surface area contributed by atoms with Crippen molar-refractivity contribution in [2.45, 2.75) is 45.4 Å². The first-order valence-electron chi connectivity index (χ1n) is 7.07. The second-order valence-corrected chi connectivity index (χ2v) is 6.71. The summed E-state index contributed by atoms with van der Waals surface area (Å²) in [5.74, 6) is 0.197. The van der Waals surface area contributed by atoms with Gasteiger partial charge in [-0.15, -0.1) is 0 Å². The number of carbonyl (C=O) groups excluding carboxylic acids is 2. The molecule has 0 aromatic carbocycles. The Bertz CT molecular complexity index is 272.